The molecule has 0 radical (unpaired) electrons. The summed E-state index contributed by atoms with van der Waals surface area (Å²) in [6.07, 6.45) is 0.525. The van der Waals surface area contributed by atoms with Crippen LogP contribution in [-0.2, 0) is 4.79 Å². The highest BCUT2D eigenvalue weighted by atomic mass is 32.1. The van der Waals surface area contributed by atoms with Gasteiger partial charge in [-0.1, -0.05) is 41.6 Å². The zero-order valence-corrected chi connectivity index (χ0v) is 15.7. The van der Waals surface area contributed by atoms with Crippen molar-refractivity contribution in [3.05, 3.63) is 64.5 Å². The van der Waals surface area contributed by atoms with Gasteiger partial charge in [-0.25, -0.2) is 10.9 Å². The molecule has 1 aliphatic rings. The SMILES string of the molecule is O=C(CNC(=O)c1cc(-c2ccccc2)on1)NC1CC(c2cccs2)NN1. The van der Waals surface area contributed by atoms with Crippen LogP contribution in [0.2, 0.25) is 0 Å². The molecule has 4 rings (SSSR count). The fourth-order valence-electron chi connectivity index (χ4n) is 2.94. The van der Waals surface area contributed by atoms with Crippen molar-refractivity contribution < 1.29 is 14.1 Å². The van der Waals surface area contributed by atoms with Crippen molar-refractivity contribution in [1.29, 1.82) is 0 Å². The van der Waals surface area contributed by atoms with Gasteiger partial charge in [-0.2, -0.15) is 0 Å². The minimum absolute atomic E-state index is 0.130. The summed E-state index contributed by atoms with van der Waals surface area (Å²) < 4.78 is 5.20. The minimum atomic E-state index is -0.463. The number of amides is 2. The monoisotopic (exact) mass is 397 g/mol. The maximum atomic E-state index is 12.2. The van der Waals surface area contributed by atoms with Crippen molar-refractivity contribution in [3.8, 4) is 11.3 Å². The summed E-state index contributed by atoms with van der Waals surface area (Å²) in [5, 5.41) is 11.2. The highest BCUT2D eigenvalue weighted by molar-refractivity contribution is 7.10. The Morgan fingerprint density at radius 3 is 2.82 bits per heavy atom. The van der Waals surface area contributed by atoms with Gasteiger partial charge in [0, 0.05) is 22.9 Å². The Labute approximate surface area is 165 Å². The molecule has 144 valence electrons. The third kappa shape index (κ3) is 4.28. The number of carbonyl (C=O) groups is 2. The Morgan fingerprint density at radius 1 is 1.18 bits per heavy atom. The molecular formula is C19H19N5O3S. The smallest absolute Gasteiger partial charge is 0.273 e. The number of hydrazine groups is 1. The van der Waals surface area contributed by atoms with Gasteiger partial charge in [-0.05, 0) is 11.4 Å². The molecule has 4 N–H and O–H groups in total. The molecule has 8 nitrogen and oxygen atoms in total. The van der Waals surface area contributed by atoms with Gasteiger partial charge in [0.25, 0.3) is 5.91 Å². The number of nitrogens with zero attached hydrogens (tertiary/aromatic N) is 1. The Balaban J connectivity index is 1.25. The number of hydrogen-bond acceptors (Lipinski definition) is 7. The van der Waals surface area contributed by atoms with Crippen molar-refractivity contribution in [1.82, 2.24) is 26.6 Å². The quantitative estimate of drug-likeness (QED) is 0.505. The topological polar surface area (TPSA) is 108 Å². The number of carbonyl (C=O) groups excluding carboxylic acids is 2. The molecule has 0 spiro atoms. The van der Waals surface area contributed by atoms with Gasteiger partial charge in [-0.15, -0.1) is 11.3 Å². The van der Waals surface area contributed by atoms with Crippen molar-refractivity contribution in [2.45, 2.75) is 18.6 Å². The minimum Gasteiger partial charge on any atom is -0.355 e. The average molecular weight is 397 g/mol. The molecule has 3 heterocycles. The summed E-state index contributed by atoms with van der Waals surface area (Å²) in [6, 6.07) is 15.1. The van der Waals surface area contributed by atoms with E-state index in [1.165, 1.54) is 4.88 Å². The van der Waals surface area contributed by atoms with Crippen LogP contribution in [0.5, 0.6) is 0 Å². The first-order chi connectivity index (χ1) is 13.7. The van der Waals surface area contributed by atoms with Gasteiger partial charge in [-0.3, -0.25) is 9.59 Å². The second kappa shape index (κ2) is 8.34. The highest BCUT2D eigenvalue weighted by Crippen LogP contribution is 2.25. The molecule has 28 heavy (non-hydrogen) atoms. The Kier molecular flexibility index (Phi) is 5.47. The van der Waals surface area contributed by atoms with Crippen LogP contribution in [0.4, 0.5) is 0 Å². The van der Waals surface area contributed by atoms with Gasteiger partial charge in [0.2, 0.25) is 5.91 Å². The normalized spacial score (nSPS) is 18.7. The molecule has 1 fully saturated rings. The fraction of sp³-hybridized carbons (Fsp3) is 0.211. The van der Waals surface area contributed by atoms with Gasteiger partial charge < -0.3 is 15.2 Å². The van der Waals surface area contributed by atoms with E-state index < -0.39 is 5.91 Å². The summed E-state index contributed by atoms with van der Waals surface area (Å²) in [5.74, 6) is -0.252. The van der Waals surface area contributed by atoms with Gasteiger partial charge in [0.15, 0.2) is 11.5 Å². The highest BCUT2D eigenvalue weighted by Gasteiger charge is 2.26. The van der Waals surface area contributed by atoms with Crippen LogP contribution >= 0.6 is 11.3 Å². The van der Waals surface area contributed by atoms with Crippen LogP contribution in [0.3, 0.4) is 0 Å². The van der Waals surface area contributed by atoms with E-state index in [0.717, 1.165) is 12.0 Å². The number of aromatic nitrogens is 1. The van der Waals surface area contributed by atoms with Crippen LogP contribution in [-0.4, -0.2) is 29.7 Å². The number of nitrogens with one attached hydrogen (secondary N) is 4. The molecule has 1 aliphatic heterocycles. The summed E-state index contributed by atoms with van der Waals surface area (Å²) >= 11 is 1.67. The van der Waals surface area contributed by atoms with E-state index in [2.05, 4.69) is 32.7 Å². The molecule has 2 amide bonds. The van der Waals surface area contributed by atoms with Crippen molar-refractivity contribution in [2.24, 2.45) is 0 Å². The summed E-state index contributed by atoms with van der Waals surface area (Å²) in [5.41, 5.74) is 7.17. The zero-order valence-electron chi connectivity index (χ0n) is 14.8. The second-order valence-corrected chi connectivity index (χ2v) is 7.32. The largest absolute Gasteiger partial charge is 0.355 e. The molecule has 3 aromatic rings. The molecule has 2 aromatic heterocycles. The van der Waals surface area contributed by atoms with E-state index >= 15 is 0 Å². The van der Waals surface area contributed by atoms with Crippen LogP contribution < -0.4 is 21.5 Å². The lowest BCUT2D eigenvalue weighted by Gasteiger charge is -2.12. The van der Waals surface area contributed by atoms with E-state index in [-0.39, 0.29) is 30.4 Å². The van der Waals surface area contributed by atoms with Gasteiger partial charge in [0.05, 0.1) is 18.8 Å². The first-order valence-corrected chi connectivity index (χ1v) is 9.71. The third-order valence-electron chi connectivity index (χ3n) is 4.34. The standard InChI is InChI=1S/C19H19N5O3S/c25-18(21-17-10-13(22-23-17)16-7-4-8-28-16)11-20-19(26)14-9-15(27-24-14)12-5-2-1-3-6-12/h1-9,13,17,22-23H,10-11H2,(H,20,26)(H,21,25). The Hall–Kier alpha value is -3.01. The lowest BCUT2D eigenvalue weighted by molar-refractivity contribution is -0.120. The molecule has 2 unspecified atom stereocenters. The lowest BCUT2D eigenvalue weighted by atomic mass is 10.1. The van der Waals surface area contributed by atoms with Crippen molar-refractivity contribution >= 4 is 23.2 Å². The number of rotatable bonds is 6. The van der Waals surface area contributed by atoms with Crippen molar-refractivity contribution in [3.63, 3.8) is 0 Å². The lowest BCUT2D eigenvalue weighted by Crippen LogP contribution is -2.47. The maximum Gasteiger partial charge on any atom is 0.273 e. The zero-order chi connectivity index (χ0) is 19.3. The summed E-state index contributed by atoms with van der Waals surface area (Å²) in [7, 11) is 0. The predicted octanol–water partition coefficient (Wildman–Crippen LogP) is 1.81. The van der Waals surface area contributed by atoms with Crippen LogP contribution in [0.1, 0.15) is 27.8 Å². The Bertz CT molecular complexity index is 942. The fourth-order valence-corrected chi connectivity index (χ4v) is 3.73. The molecule has 0 saturated carbocycles. The van der Waals surface area contributed by atoms with Gasteiger partial charge in [0.1, 0.15) is 0 Å². The number of hydrogen-bond donors (Lipinski definition) is 4. The van der Waals surface area contributed by atoms with Gasteiger partial charge >= 0.3 is 0 Å². The first kappa shape index (κ1) is 18.4. The van der Waals surface area contributed by atoms with E-state index in [9.17, 15) is 9.59 Å². The first-order valence-electron chi connectivity index (χ1n) is 8.83. The van der Waals surface area contributed by atoms with Crippen LogP contribution in [0, 0.1) is 0 Å². The summed E-state index contributed by atoms with van der Waals surface area (Å²) in [4.78, 5) is 25.5. The maximum absolute atomic E-state index is 12.2. The molecule has 0 bridgehead atoms. The van der Waals surface area contributed by atoms with E-state index in [1.807, 2.05) is 41.8 Å². The molecule has 2 atom stereocenters. The number of benzene rings is 1. The molecule has 0 aliphatic carbocycles. The summed E-state index contributed by atoms with van der Waals surface area (Å²) in [6.45, 7) is -0.145. The van der Waals surface area contributed by atoms with E-state index in [0.29, 0.717) is 5.76 Å². The van der Waals surface area contributed by atoms with Crippen LogP contribution in [0.25, 0.3) is 11.3 Å². The molecule has 1 aromatic carbocycles. The van der Waals surface area contributed by atoms with E-state index in [1.54, 1.807) is 17.4 Å². The Morgan fingerprint density at radius 2 is 2.04 bits per heavy atom. The van der Waals surface area contributed by atoms with Crippen LogP contribution in [0.15, 0.2) is 58.4 Å². The predicted molar refractivity (Wildman–Crippen MR) is 104 cm³/mol. The molecular weight excluding hydrogens is 378 g/mol. The van der Waals surface area contributed by atoms with Crippen molar-refractivity contribution in [2.75, 3.05) is 6.54 Å². The second-order valence-electron chi connectivity index (χ2n) is 6.34. The number of thiophene rings is 1. The van der Waals surface area contributed by atoms with E-state index in [4.69, 9.17) is 4.52 Å². The molecule has 9 heteroatoms. The third-order valence-corrected chi connectivity index (χ3v) is 5.32. The molecule has 1 saturated heterocycles. The average Bonchev–Trinajstić information content (AvgIpc) is 3.47.